The van der Waals surface area contributed by atoms with Crippen LogP contribution in [0.4, 0.5) is 0 Å². The SMILES string of the molecule is O=C(NCC(c1ccccc1)N1CCCC1)C1COc2ccc(Cl)cc2C1. The molecule has 0 bridgehead atoms. The third-order valence-electron chi connectivity index (χ3n) is 5.54. The van der Waals surface area contributed by atoms with Crippen LogP contribution in [0.5, 0.6) is 5.75 Å². The molecule has 2 aromatic carbocycles. The van der Waals surface area contributed by atoms with Crippen LogP contribution < -0.4 is 10.1 Å². The van der Waals surface area contributed by atoms with E-state index < -0.39 is 0 Å². The van der Waals surface area contributed by atoms with Crippen molar-refractivity contribution in [1.82, 2.24) is 10.2 Å². The lowest BCUT2D eigenvalue weighted by molar-refractivity contribution is -0.126. The second kappa shape index (κ2) is 8.32. The number of nitrogens with one attached hydrogen (secondary N) is 1. The van der Waals surface area contributed by atoms with Gasteiger partial charge in [0.25, 0.3) is 0 Å². The fourth-order valence-corrected chi connectivity index (χ4v) is 4.25. The lowest BCUT2D eigenvalue weighted by Crippen LogP contribution is -2.42. The molecule has 1 N–H and O–H groups in total. The van der Waals surface area contributed by atoms with Crippen LogP contribution in [-0.2, 0) is 11.2 Å². The quantitative estimate of drug-likeness (QED) is 0.851. The molecule has 2 heterocycles. The molecule has 4 rings (SSSR count). The Morgan fingerprint density at radius 3 is 2.74 bits per heavy atom. The van der Waals surface area contributed by atoms with Gasteiger partial charge in [0.1, 0.15) is 12.4 Å². The summed E-state index contributed by atoms with van der Waals surface area (Å²) in [5.41, 5.74) is 2.27. The number of amides is 1. The van der Waals surface area contributed by atoms with Crippen LogP contribution >= 0.6 is 11.6 Å². The molecule has 0 spiro atoms. The average molecular weight is 385 g/mol. The van der Waals surface area contributed by atoms with Crippen LogP contribution in [0.15, 0.2) is 48.5 Å². The number of halogens is 1. The van der Waals surface area contributed by atoms with E-state index in [4.69, 9.17) is 16.3 Å². The predicted molar refractivity (Wildman–Crippen MR) is 107 cm³/mol. The highest BCUT2D eigenvalue weighted by molar-refractivity contribution is 6.30. The van der Waals surface area contributed by atoms with E-state index in [0.29, 0.717) is 24.6 Å². The van der Waals surface area contributed by atoms with E-state index in [1.807, 2.05) is 24.3 Å². The highest BCUT2D eigenvalue weighted by Crippen LogP contribution is 2.30. The molecule has 0 radical (unpaired) electrons. The van der Waals surface area contributed by atoms with Gasteiger partial charge in [0.2, 0.25) is 5.91 Å². The molecule has 1 saturated heterocycles. The van der Waals surface area contributed by atoms with E-state index in [-0.39, 0.29) is 17.9 Å². The van der Waals surface area contributed by atoms with Crippen LogP contribution in [0, 0.1) is 5.92 Å². The molecule has 2 unspecified atom stereocenters. The normalized spacial score (nSPS) is 20.6. The van der Waals surface area contributed by atoms with Gasteiger partial charge in [-0.3, -0.25) is 9.69 Å². The summed E-state index contributed by atoms with van der Waals surface area (Å²) in [6, 6.07) is 16.3. The van der Waals surface area contributed by atoms with E-state index in [0.717, 1.165) is 24.4 Å². The molecule has 0 aliphatic carbocycles. The first-order valence-electron chi connectivity index (χ1n) is 9.68. The summed E-state index contributed by atoms with van der Waals surface area (Å²) in [6.07, 6.45) is 3.12. The monoisotopic (exact) mass is 384 g/mol. The number of hydrogen-bond donors (Lipinski definition) is 1. The number of hydrogen-bond acceptors (Lipinski definition) is 3. The fraction of sp³-hybridized carbons (Fsp3) is 0.409. The van der Waals surface area contributed by atoms with Crippen LogP contribution in [0.3, 0.4) is 0 Å². The molecule has 142 valence electrons. The summed E-state index contributed by atoms with van der Waals surface area (Å²) >= 11 is 6.09. The van der Waals surface area contributed by atoms with Crippen molar-refractivity contribution in [3.05, 3.63) is 64.7 Å². The van der Waals surface area contributed by atoms with Crippen molar-refractivity contribution in [2.45, 2.75) is 25.3 Å². The van der Waals surface area contributed by atoms with Crippen LogP contribution in [-0.4, -0.2) is 37.0 Å². The summed E-state index contributed by atoms with van der Waals surface area (Å²) in [5, 5.41) is 3.86. The largest absolute Gasteiger partial charge is 0.492 e. The molecule has 2 aliphatic heterocycles. The standard InChI is InChI=1S/C22H25ClN2O2/c23-19-8-9-21-17(13-19)12-18(15-27-21)22(26)24-14-20(25-10-4-5-11-25)16-6-2-1-3-7-16/h1-3,6-9,13,18,20H,4-5,10-12,14-15H2,(H,24,26). The Labute approximate surface area is 165 Å². The lowest BCUT2D eigenvalue weighted by Gasteiger charge is -2.30. The van der Waals surface area contributed by atoms with Gasteiger partial charge in [0, 0.05) is 11.6 Å². The molecule has 2 aromatic rings. The van der Waals surface area contributed by atoms with E-state index in [1.54, 1.807) is 0 Å². The van der Waals surface area contributed by atoms with Crippen LogP contribution in [0.2, 0.25) is 5.02 Å². The van der Waals surface area contributed by atoms with Gasteiger partial charge in [-0.25, -0.2) is 0 Å². The molecular formula is C22H25ClN2O2. The predicted octanol–water partition coefficient (Wildman–Crippen LogP) is 3.84. The molecule has 5 heteroatoms. The van der Waals surface area contributed by atoms with Gasteiger partial charge in [0.05, 0.1) is 12.0 Å². The second-order valence-electron chi connectivity index (χ2n) is 7.38. The Kier molecular flexibility index (Phi) is 5.65. The summed E-state index contributed by atoms with van der Waals surface area (Å²) in [5.74, 6) is 0.717. The van der Waals surface area contributed by atoms with Crippen molar-refractivity contribution in [2.24, 2.45) is 5.92 Å². The number of nitrogens with zero attached hydrogens (tertiary/aromatic N) is 1. The first kappa shape index (κ1) is 18.3. The van der Waals surface area contributed by atoms with Crippen molar-refractivity contribution in [3.63, 3.8) is 0 Å². The van der Waals surface area contributed by atoms with Gasteiger partial charge < -0.3 is 10.1 Å². The van der Waals surface area contributed by atoms with Gasteiger partial charge in [-0.1, -0.05) is 41.9 Å². The minimum atomic E-state index is -0.175. The Balaban J connectivity index is 1.41. The Hall–Kier alpha value is -2.04. The van der Waals surface area contributed by atoms with Crippen LogP contribution in [0.25, 0.3) is 0 Å². The molecule has 0 aromatic heterocycles. The minimum Gasteiger partial charge on any atom is -0.492 e. The zero-order chi connectivity index (χ0) is 18.6. The molecule has 1 fully saturated rings. The number of rotatable bonds is 5. The Morgan fingerprint density at radius 1 is 1.19 bits per heavy atom. The number of fused-ring (bicyclic) bond motifs is 1. The smallest absolute Gasteiger partial charge is 0.226 e. The number of ether oxygens (including phenoxy) is 1. The van der Waals surface area contributed by atoms with Crippen molar-refractivity contribution in [3.8, 4) is 5.75 Å². The molecule has 1 amide bonds. The van der Waals surface area contributed by atoms with Crippen molar-refractivity contribution >= 4 is 17.5 Å². The van der Waals surface area contributed by atoms with E-state index >= 15 is 0 Å². The minimum absolute atomic E-state index is 0.0563. The number of carbonyl (C=O) groups excluding carboxylic acids is 1. The third kappa shape index (κ3) is 4.28. The molecular weight excluding hydrogens is 360 g/mol. The van der Waals surface area contributed by atoms with Crippen molar-refractivity contribution in [1.29, 1.82) is 0 Å². The molecule has 27 heavy (non-hydrogen) atoms. The lowest BCUT2D eigenvalue weighted by atomic mass is 9.95. The first-order valence-corrected chi connectivity index (χ1v) is 10.1. The maximum absolute atomic E-state index is 12.8. The number of benzene rings is 2. The zero-order valence-corrected chi connectivity index (χ0v) is 16.1. The third-order valence-corrected chi connectivity index (χ3v) is 5.77. The van der Waals surface area contributed by atoms with Gasteiger partial charge in [-0.2, -0.15) is 0 Å². The average Bonchev–Trinajstić information content (AvgIpc) is 3.22. The van der Waals surface area contributed by atoms with Gasteiger partial charge >= 0.3 is 0 Å². The highest BCUT2D eigenvalue weighted by atomic mass is 35.5. The maximum atomic E-state index is 12.8. The van der Waals surface area contributed by atoms with E-state index in [1.165, 1.54) is 18.4 Å². The zero-order valence-electron chi connectivity index (χ0n) is 15.4. The van der Waals surface area contributed by atoms with E-state index in [9.17, 15) is 4.79 Å². The van der Waals surface area contributed by atoms with Crippen molar-refractivity contribution in [2.75, 3.05) is 26.2 Å². The maximum Gasteiger partial charge on any atom is 0.226 e. The Morgan fingerprint density at radius 2 is 1.96 bits per heavy atom. The van der Waals surface area contributed by atoms with Crippen LogP contribution in [0.1, 0.15) is 30.0 Å². The van der Waals surface area contributed by atoms with Gasteiger partial charge in [-0.15, -0.1) is 0 Å². The fourth-order valence-electron chi connectivity index (χ4n) is 4.06. The summed E-state index contributed by atoms with van der Waals surface area (Å²) < 4.78 is 5.77. The molecule has 2 atom stereocenters. The van der Waals surface area contributed by atoms with E-state index in [2.05, 4.69) is 34.5 Å². The second-order valence-corrected chi connectivity index (χ2v) is 7.82. The summed E-state index contributed by atoms with van der Waals surface area (Å²) in [4.78, 5) is 15.3. The topological polar surface area (TPSA) is 41.6 Å². The molecule has 4 nitrogen and oxygen atoms in total. The number of carbonyl (C=O) groups is 1. The number of likely N-dealkylation sites (tertiary alicyclic amines) is 1. The summed E-state index contributed by atoms with van der Waals surface area (Å²) in [7, 11) is 0. The Bertz CT molecular complexity index is 790. The summed E-state index contributed by atoms with van der Waals surface area (Å²) in [6.45, 7) is 3.23. The van der Waals surface area contributed by atoms with Crippen molar-refractivity contribution < 1.29 is 9.53 Å². The molecule has 0 saturated carbocycles. The highest BCUT2D eigenvalue weighted by Gasteiger charge is 2.28. The van der Waals surface area contributed by atoms with Gasteiger partial charge in [0.15, 0.2) is 0 Å². The first-order chi connectivity index (χ1) is 13.2. The van der Waals surface area contributed by atoms with Gasteiger partial charge in [-0.05, 0) is 61.7 Å². The molecule has 2 aliphatic rings.